The highest BCUT2D eigenvalue weighted by atomic mass is 32.1. The summed E-state index contributed by atoms with van der Waals surface area (Å²) in [7, 11) is 5.64. The van der Waals surface area contributed by atoms with Crippen molar-refractivity contribution in [2.24, 2.45) is 0 Å². The van der Waals surface area contributed by atoms with Crippen molar-refractivity contribution in [1.29, 1.82) is 0 Å². The highest BCUT2D eigenvalue weighted by Crippen LogP contribution is 2.32. The second kappa shape index (κ2) is 7.38. The van der Waals surface area contributed by atoms with Gasteiger partial charge in [-0.15, -0.1) is 0 Å². The van der Waals surface area contributed by atoms with Crippen LogP contribution in [0.1, 0.15) is 25.1 Å². The summed E-state index contributed by atoms with van der Waals surface area (Å²) in [5, 5.41) is 4.35. The van der Waals surface area contributed by atoms with Gasteiger partial charge < -0.3 is 15.0 Å². The van der Waals surface area contributed by atoms with Gasteiger partial charge in [0.1, 0.15) is 0 Å². The van der Waals surface area contributed by atoms with E-state index in [0.717, 1.165) is 29.5 Å². The minimum Gasteiger partial charge on any atom is -0.480 e. The normalized spacial score (nSPS) is 11.7. The highest BCUT2D eigenvalue weighted by molar-refractivity contribution is 7.16. The smallest absolute Gasteiger partial charge is 0.233 e. The van der Waals surface area contributed by atoms with Gasteiger partial charge >= 0.3 is 0 Å². The van der Waals surface area contributed by atoms with Gasteiger partial charge in [-0.3, -0.25) is 0 Å². The molecule has 0 atom stereocenters. The van der Waals surface area contributed by atoms with E-state index in [1.54, 1.807) is 18.4 Å². The molecular formula is C13H23N3OS. The maximum Gasteiger partial charge on any atom is 0.233 e. The van der Waals surface area contributed by atoms with Crippen molar-refractivity contribution in [2.45, 2.75) is 20.3 Å². The van der Waals surface area contributed by atoms with Gasteiger partial charge in [0.05, 0.1) is 12.0 Å². The molecule has 4 nitrogen and oxygen atoms in total. The molecule has 0 aliphatic heterocycles. The largest absolute Gasteiger partial charge is 0.480 e. The summed E-state index contributed by atoms with van der Waals surface area (Å²) in [6.45, 7) is 6.25. The van der Waals surface area contributed by atoms with Crippen molar-refractivity contribution in [1.82, 2.24) is 10.3 Å². The van der Waals surface area contributed by atoms with Gasteiger partial charge in [-0.1, -0.05) is 23.8 Å². The number of hydrogen-bond acceptors (Lipinski definition) is 5. The van der Waals surface area contributed by atoms with E-state index in [0.29, 0.717) is 5.88 Å². The van der Waals surface area contributed by atoms with E-state index in [1.807, 2.05) is 19.0 Å². The molecule has 0 saturated heterocycles. The molecule has 0 aliphatic rings. The van der Waals surface area contributed by atoms with Crippen molar-refractivity contribution in [3.05, 3.63) is 10.5 Å². The summed E-state index contributed by atoms with van der Waals surface area (Å²) < 4.78 is 5.31. The molecule has 1 N–H and O–H groups in total. The summed E-state index contributed by atoms with van der Waals surface area (Å²) in [4.78, 5) is 7.51. The van der Waals surface area contributed by atoms with Gasteiger partial charge in [0, 0.05) is 20.6 Å². The van der Waals surface area contributed by atoms with Crippen molar-refractivity contribution in [2.75, 3.05) is 39.2 Å². The Kier molecular flexibility index (Phi) is 6.15. The SMILES string of the molecule is CCCNCC(C)=Cc1sc(N(C)C)nc1OC. The molecule has 1 heterocycles. The fourth-order valence-electron chi connectivity index (χ4n) is 1.47. The van der Waals surface area contributed by atoms with Crippen molar-refractivity contribution in [3.63, 3.8) is 0 Å². The first-order valence-electron chi connectivity index (χ1n) is 6.18. The van der Waals surface area contributed by atoms with Crippen LogP contribution in [0.4, 0.5) is 5.13 Å². The quantitative estimate of drug-likeness (QED) is 0.772. The lowest BCUT2D eigenvalue weighted by Crippen LogP contribution is -2.16. The third-order valence-electron chi connectivity index (χ3n) is 2.39. The van der Waals surface area contributed by atoms with Crippen molar-refractivity contribution < 1.29 is 4.74 Å². The minimum absolute atomic E-state index is 0.707. The first-order valence-corrected chi connectivity index (χ1v) is 7.00. The van der Waals surface area contributed by atoms with Crippen molar-refractivity contribution >= 4 is 22.5 Å². The van der Waals surface area contributed by atoms with E-state index in [-0.39, 0.29) is 0 Å². The van der Waals surface area contributed by atoms with Crippen LogP contribution in [-0.2, 0) is 0 Å². The minimum atomic E-state index is 0.707. The number of methoxy groups -OCH3 is 1. The van der Waals surface area contributed by atoms with E-state index in [9.17, 15) is 0 Å². The molecule has 0 amide bonds. The summed E-state index contributed by atoms with van der Waals surface area (Å²) in [5.74, 6) is 0.707. The molecule has 0 bridgehead atoms. The van der Waals surface area contributed by atoms with Gasteiger partial charge in [-0.05, 0) is 26.0 Å². The average molecular weight is 269 g/mol. The Bertz CT molecular complexity index is 399. The lowest BCUT2D eigenvalue weighted by atomic mass is 10.2. The third kappa shape index (κ3) is 4.31. The molecule has 18 heavy (non-hydrogen) atoms. The Labute approximate surface area is 114 Å². The van der Waals surface area contributed by atoms with E-state index < -0.39 is 0 Å². The second-order valence-corrected chi connectivity index (χ2v) is 5.44. The zero-order chi connectivity index (χ0) is 13.5. The number of anilines is 1. The molecule has 5 heteroatoms. The summed E-state index contributed by atoms with van der Waals surface area (Å²) in [6, 6.07) is 0. The Morgan fingerprint density at radius 2 is 2.22 bits per heavy atom. The van der Waals surface area contributed by atoms with Crippen LogP contribution in [0.2, 0.25) is 0 Å². The fourth-order valence-corrected chi connectivity index (χ4v) is 2.46. The standard InChI is InChI=1S/C13H23N3OS/c1-6-7-14-9-10(2)8-11-12(17-5)15-13(18-11)16(3)4/h8,14H,6-7,9H2,1-5H3. The maximum atomic E-state index is 5.31. The van der Waals surface area contributed by atoms with Crippen LogP contribution in [0.15, 0.2) is 5.57 Å². The van der Waals surface area contributed by atoms with Gasteiger partial charge in [-0.2, -0.15) is 4.98 Å². The monoisotopic (exact) mass is 269 g/mol. The summed E-state index contributed by atoms with van der Waals surface area (Å²) in [5.41, 5.74) is 1.29. The Morgan fingerprint density at radius 1 is 1.50 bits per heavy atom. The average Bonchev–Trinajstić information content (AvgIpc) is 2.72. The van der Waals surface area contributed by atoms with Crippen LogP contribution in [-0.4, -0.2) is 39.3 Å². The lowest BCUT2D eigenvalue weighted by molar-refractivity contribution is 0.400. The van der Waals surface area contributed by atoms with Crippen LogP contribution in [0.5, 0.6) is 5.88 Å². The molecule has 1 rings (SSSR count). The van der Waals surface area contributed by atoms with Gasteiger partial charge in [0.15, 0.2) is 5.13 Å². The van der Waals surface area contributed by atoms with Crippen LogP contribution < -0.4 is 15.0 Å². The van der Waals surface area contributed by atoms with Crippen LogP contribution in [0.25, 0.3) is 6.08 Å². The first-order chi connectivity index (χ1) is 8.58. The number of aromatic nitrogens is 1. The highest BCUT2D eigenvalue weighted by Gasteiger charge is 2.11. The maximum absolute atomic E-state index is 5.31. The molecule has 0 aliphatic carbocycles. The zero-order valence-electron chi connectivity index (χ0n) is 11.9. The Balaban J connectivity index is 2.78. The Morgan fingerprint density at radius 3 is 2.78 bits per heavy atom. The van der Waals surface area contributed by atoms with Crippen LogP contribution in [0, 0.1) is 0 Å². The number of thiazole rings is 1. The van der Waals surface area contributed by atoms with Crippen molar-refractivity contribution in [3.8, 4) is 5.88 Å². The number of nitrogens with zero attached hydrogens (tertiary/aromatic N) is 2. The number of hydrogen-bond donors (Lipinski definition) is 1. The molecule has 0 aromatic carbocycles. The summed E-state index contributed by atoms with van der Waals surface area (Å²) in [6.07, 6.45) is 3.30. The fraction of sp³-hybridized carbons (Fsp3) is 0.615. The molecule has 0 unspecified atom stereocenters. The van der Waals surface area contributed by atoms with E-state index in [2.05, 4.69) is 30.2 Å². The molecule has 1 aromatic heterocycles. The van der Waals surface area contributed by atoms with Crippen LogP contribution >= 0.6 is 11.3 Å². The molecule has 0 fully saturated rings. The second-order valence-electron chi connectivity index (χ2n) is 4.43. The molecule has 1 aromatic rings. The van der Waals surface area contributed by atoms with E-state index >= 15 is 0 Å². The van der Waals surface area contributed by atoms with E-state index in [4.69, 9.17) is 4.74 Å². The van der Waals surface area contributed by atoms with Gasteiger partial charge in [0.25, 0.3) is 0 Å². The topological polar surface area (TPSA) is 37.4 Å². The molecule has 102 valence electrons. The molecule has 0 saturated carbocycles. The predicted molar refractivity (Wildman–Crippen MR) is 79.8 cm³/mol. The number of nitrogens with one attached hydrogen (secondary N) is 1. The zero-order valence-corrected chi connectivity index (χ0v) is 12.7. The molecule has 0 spiro atoms. The third-order valence-corrected chi connectivity index (χ3v) is 3.54. The molecular weight excluding hydrogens is 246 g/mol. The number of ether oxygens (including phenoxy) is 1. The Hall–Kier alpha value is -1.07. The summed E-state index contributed by atoms with van der Waals surface area (Å²) >= 11 is 1.65. The van der Waals surface area contributed by atoms with Crippen LogP contribution in [0.3, 0.4) is 0 Å². The van der Waals surface area contributed by atoms with E-state index in [1.165, 1.54) is 5.57 Å². The number of rotatable bonds is 7. The molecule has 0 radical (unpaired) electrons. The van der Waals surface area contributed by atoms with Gasteiger partial charge in [-0.25, -0.2) is 0 Å². The lowest BCUT2D eigenvalue weighted by Gasteiger charge is -2.04. The van der Waals surface area contributed by atoms with Gasteiger partial charge in [0.2, 0.25) is 5.88 Å². The predicted octanol–water partition coefficient (Wildman–Crippen LogP) is 2.62. The first kappa shape index (κ1) is 15.0.